The first-order valence-electron chi connectivity index (χ1n) is 15.3. The smallest absolute Gasteiger partial charge is 0.0959 e. The standard InChI is InChI=1S/C25H46P2.2C4H7.Ru/c1-5-13-22(14-6-1)26(23-15-7-2-8-16-23)21-27(24-17-9-3-10-18-24)25-19-11-4-12-20-25;2*1-4(2)3;/h22-25H,1-21H2;2*1-2H2,3H3;/q;;;+2. The molecule has 0 spiro atoms. The molecule has 3 heteroatoms. The topological polar surface area (TPSA) is 0 Å². The molecule has 0 bridgehead atoms. The molecule has 0 saturated heterocycles. The van der Waals surface area contributed by atoms with Gasteiger partial charge in [-0.2, -0.15) is 0 Å². The van der Waals surface area contributed by atoms with Crippen LogP contribution in [0.4, 0.5) is 0 Å². The van der Waals surface area contributed by atoms with Gasteiger partial charge in [0.2, 0.25) is 0 Å². The Morgan fingerprint density at radius 3 is 0.778 bits per heavy atom. The van der Waals surface area contributed by atoms with E-state index in [1.165, 1.54) is 22.6 Å². The molecule has 4 fully saturated rings. The van der Waals surface area contributed by atoms with Crippen LogP contribution in [-0.2, 0) is 19.5 Å². The second-order valence-electron chi connectivity index (χ2n) is 12.3. The third-order valence-electron chi connectivity index (χ3n) is 8.50. The van der Waals surface area contributed by atoms with Crippen molar-refractivity contribution in [3.05, 3.63) is 39.5 Å². The molecule has 4 aliphatic carbocycles. The van der Waals surface area contributed by atoms with Crippen molar-refractivity contribution in [2.45, 2.75) is 165 Å². The molecule has 0 N–H and O–H groups in total. The molecule has 4 rings (SSSR count). The van der Waals surface area contributed by atoms with Gasteiger partial charge in [-0.25, -0.2) is 0 Å². The zero-order chi connectivity index (χ0) is 25.5. The van der Waals surface area contributed by atoms with Crippen molar-refractivity contribution >= 4 is 15.8 Å². The van der Waals surface area contributed by atoms with Gasteiger partial charge in [0.15, 0.2) is 0 Å². The molecule has 4 aliphatic rings. The molecule has 0 aromatic heterocycles. The van der Waals surface area contributed by atoms with E-state index in [2.05, 4.69) is 27.7 Å². The Bertz CT molecular complexity index is 398. The average molecular weight is 620 g/mol. The Hall–Kier alpha value is 1.48. The van der Waals surface area contributed by atoms with Gasteiger partial charge < -0.3 is 0 Å². The fraction of sp³-hybridized carbons (Fsp3) is 0.818. The normalized spacial score (nSPS) is 23.2. The van der Waals surface area contributed by atoms with Gasteiger partial charge in [-0.1, -0.05) is 107 Å². The third-order valence-corrected chi connectivity index (χ3v) is 16.9. The number of hydrogen-bond acceptors (Lipinski definition) is 0. The van der Waals surface area contributed by atoms with E-state index in [9.17, 15) is 0 Å². The van der Waals surface area contributed by atoms with Crippen LogP contribution in [0.3, 0.4) is 0 Å². The second kappa shape index (κ2) is 21.3. The van der Waals surface area contributed by atoms with Crippen LogP contribution < -0.4 is 0 Å². The first-order valence-corrected chi connectivity index (χ1v) is 18.7. The van der Waals surface area contributed by atoms with Crippen molar-refractivity contribution in [2.75, 3.05) is 5.90 Å². The fourth-order valence-corrected chi connectivity index (χ4v) is 17.4. The molecule has 0 atom stereocenters. The Morgan fingerprint density at radius 1 is 0.444 bits per heavy atom. The minimum atomic E-state index is 0. The largest absolute Gasteiger partial charge is 2.00 e. The maximum Gasteiger partial charge on any atom is 2.00 e. The maximum absolute atomic E-state index is 3.44. The third kappa shape index (κ3) is 14.8. The summed E-state index contributed by atoms with van der Waals surface area (Å²) in [5.74, 6) is 3.62. The SMILES string of the molecule is C1CCC(P(CP(C2CCCCC2)C2CCCCC2)C2CCCCC2)CC1.[CH2][C]([CH2])C.[CH2][C]([CH2])C.[Ru+2]. The van der Waals surface area contributed by atoms with E-state index in [0.29, 0.717) is 15.8 Å². The van der Waals surface area contributed by atoms with E-state index >= 15 is 0 Å². The molecule has 0 aromatic rings. The molecule has 0 heterocycles. The van der Waals surface area contributed by atoms with Gasteiger partial charge in [0, 0.05) is 0 Å². The Labute approximate surface area is 244 Å². The van der Waals surface area contributed by atoms with E-state index in [1.807, 2.05) is 13.8 Å². The molecule has 0 aromatic carbocycles. The summed E-state index contributed by atoms with van der Waals surface area (Å²) >= 11 is 0. The van der Waals surface area contributed by atoms with Gasteiger partial charge in [-0.15, -0.1) is 0 Å². The number of rotatable bonds is 6. The van der Waals surface area contributed by atoms with Crippen molar-refractivity contribution in [3.63, 3.8) is 0 Å². The molecular weight excluding hydrogens is 559 g/mol. The Morgan fingerprint density at radius 2 is 0.611 bits per heavy atom. The van der Waals surface area contributed by atoms with Crippen molar-refractivity contribution < 1.29 is 19.5 Å². The first-order chi connectivity index (χ1) is 16.9. The molecule has 0 unspecified atom stereocenters. The first kappa shape index (κ1) is 35.5. The molecule has 36 heavy (non-hydrogen) atoms. The molecule has 6 radical (unpaired) electrons. The van der Waals surface area contributed by atoms with Gasteiger partial charge >= 0.3 is 19.5 Å². The maximum atomic E-state index is 3.44. The zero-order valence-electron chi connectivity index (χ0n) is 24.2. The van der Waals surface area contributed by atoms with Crippen LogP contribution in [0.2, 0.25) is 0 Å². The van der Waals surface area contributed by atoms with Crippen LogP contribution in [0, 0.1) is 39.5 Å². The predicted octanol–water partition coefficient (Wildman–Crippen LogP) is 11.7. The summed E-state index contributed by atoms with van der Waals surface area (Å²) < 4.78 is 0. The van der Waals surface area contributed by atoms with E-state index in [0.717, 1.165) is 11.8 Å². The minimum Gasteiger partial charge on any atom is -0.0959 e. The van der Waals surface area contributed by atoms with Crippen LogP contribution in [0.15, 0.2) is 0 Å². The van der Waals surface area contributed by atoms with Crippen LogP contribution in [0.25, 0.3) is 0 Å². The summed E-state index contributed by atoms with van der Waals surface area (Å²) in [7, 11) is 0.686. The Balaban J connectivity index is 0.000000634. The molecule has 208 valence electrons. The fourth-order valence-electron chi connectivity index (χ4n) is 6.90. The molecule has 0 nitrogen and oxygen atoms in total. The van der Waals surface area contributed by atoms with Crippen molar-refractivity contribution in [1.29, 1.82) is 0 Å². The van der Waals surface area contributed by atoms with E-state index < -0.39 is 0 Å². The van der Waals surface area contributed by atoms with Crippen LogP contribution in [-0.4, -0.2) is 28.5 Å². The van der Waals surface area contributed by atoms with Crippen molar-refractivity contribution in [3.8, 4) is 0 Å². The monoisotopic (exact) mass is 620 g/mol. The van der Waals surface area contributed by atoms with Crippen molar-refractivity contribution in [1.82, 2.24) is 0 Å². The van der Waals surface area contributed by atoms with E-state index in [-0.39, 0.29) is 19.5 Å². The number of hydrogen-bond donors (Lipinski definition) is 0. The van der Waals surface area contributed by atoms with Gasteiger partial charge in [0.25, 0.3) is 0 Å². The molecule has 0 amide bonds. The second-order valence-corrected chi connectivity index (χ2v) is 18.4. The van der Waals surface area contributed by atoms with E-state index in [1.54, 1.807) is 134 Å². The van der Waals surface area contributed by atoms with Crippen LogP contribution >= 0.6 is 15.8 Å². The van der Waals surface area contributed by atoms with Gasteiger partial charge in [0.1, 0.15) is 0 Å². The van der Waals surface area contributed by atoms with E-state index in [4.69, 9.17) is 0 Å². The quantitative estimate of drug-likeness (QED) is 0.205. The summed E-state index contributed by atoms with van der Waals surface area (Å²) in [6, 6.07) is 0. The van der Waals surface area contributed by atoms with Gasteiger partial charge in [0.05, 0.1) is 0 Å². The predicted molar refractivity (Wildman–Crippen MR) is 165 cm³/mol. The van der Waals surface area contributed by atoms with Gasteiger partial charge in [-0.05, 0) is 119 Å². The van der Waals surface area contributed by atoms with Crippen LogP contribution in [0.5, 0.6) is 0 Å². The Kier molecular flexibility index (Phi) is 21.0. The summed E-state index contributed by atoms with van der Waals surface area (Å²) in [6.45, 7) is 17.5. The summed E-state index contributed by atoms with van der Waals surface area (Å²) in [5.41, 5.74) is 4.76. The molecule has 0 aliphatic heterocycles. The average Bonchev–Trinajstić information content (AvgIpc) is 2.86. The summed E-state index contributed by atoms with van der Waals surface area (Å²) in [6.07, 6.45) is 31.8. The molecule has 4 saturated carbocycles. The van der Waals surface area contributed by atoms with Crippen LogP contribution in [0.1, 0.15) is 142 Å². The van der Waals surface area contributed by atoms with Crippen molar-refractivity contribution in [2.24, 2.45) is 0 Å². The zero-order valence-corrected chi connectivity index (χ0v) is 27.8. The molecular formula is C33H60P2Ru+2. The summed E-state index contributed by atoms with van der Waals surface area (Å²) in [4.78, 5) is 0. The van der Waals surface area contributed by atoms with Gasteiger partial charge in [-0.3, -0.25) is 0 Å². The summed E-state index contributed by atoms with van der Waals surface area (Å²) in [5, 5.41) is 0. The minimum absolute atomic E-state index is 0.